The molecule has 63 heavy (non-hydrogen) atoms. The molecule has 12 nitrogen and oxygen atoms in total. The van der Waals surface area contributed by atoms with Gasteiger partial charge in [0, 0.05) is 12.1 Å². The number of carbonyl (C=O) groups is 4. The highest BCUT2D eigenvalue weighted by molar-refractivity contribution is 5.95. The number of carbonyl (C=O) groups excluding carboxylic acids is 4. The van der Waals surface area contributed by atoms with Gasteiger partial charge in [-0.1, -0.05) is 96.5 Å². The third-order valence-electron chi connectivity index (χ3n) is 10.1. The Bertz CT molecular complexity index is 2280. The van der Waals surface area contributed by atoms with Gasteiger partial charge in [0.05, 0.1) is 33.8 Å². The van der Waals surface area contributed by atoms with Crippen LogP contribution in [-0.2, 0) is 0 Å². The molecule has 0 atom stereocenters. The maximum absolute atomic E-state index is 14.8. The highest BCUT2D eigenvalue weighted by Crippen LogP contribution is 2.25. The van der Waals surface area contributed by atoms with E-state index in [9.17, 15) is 33.7 Å². The number of ether oxygens (including phenoxy) is 5. The second-order valence-corrected chi connectivity index (χ2v) is 15.0. The summed E-state index contributed by atoms with van der Waals surface area (Å²) < 4.78 is 42.0. The minimum absolute atomic E-state index is 0.0359. The lowest BCUT2D eigenvalue weighted by Crippen LogP contribution is -2.13. The Kier molecular flexibility index (Phi) is 18.8. The van der Waals surface area contributed by atoms with E-state index in [0.29, 0.717) is 18.1 Å². The quantitative estimate of drug-likeness (QED) is 0.0181. The van der Waals surface area contributed by atoms with E-state index in [4.69, 9.17) is 23.7 Å². The second-order valence-electron chi connectivity index (χ2n) is 15.0. The van der Waals surface area contributed by atoms with Gasteiger partial charge in [-0.3, -0.25) is 10.1 Å². The Morgan fingerprint density at radius 2 is 0.905 bits per heavy atom. The van der Waals surface area contributed by atoms with Gasteiger partial charge in [0.15, 0.2) is 11.6 Å². The molecule has 0 aliphatic heterocycles. The zero-order chi connectivity index (χ0) is 44.8. The lowest BCUT2D eigenvalue weighted by Gasteiger charge is -2.09. The summed E-state index contributed by atoms with van der Waals surface area (Å²) in [7, 11) is 0. The summed E-state index contributed by atoms with van der Waals surface area (Å²) in [5, 5.41) is 10.8. The van der Waals surface area contributed by atoms with Crippen molar-refractivity contribution in [2.75, 3.05) is 6.61 Å². The summed E-state index contributed by atoms with van der Waals surface area (Å²) in [5.74, 6) is -3.67. The number of nitrogens with zero attached hydrogens (tertiary/aromatic N) is 1. The number of hydrogen-bond donors (Lipinski definition) is 0. The maximum atomic E-state index is 14.8. The lowest BCUT2D eigenvalue weighted by atomic mass is 10.0. The fraction of sp³-hybridized carbons (Fsp3) is 0.320. The van der Waals surface area contributed by atoms with Crippen LogP contribution >= 0.6 is 0 Å². The first-order valence-electron chi connectivity index (χ1n) is 21.5. The smallest absolute Gasteiger partial charge is 0.343 e. The Morgan fingerprint density at radius 3 is 1.44 bits per heavy atom. The summed E-state index contributed by atoms with van der Waals surface area (Å²) in [5.41, 5.74) is -0.231. The highest BCUT2D eigenvalue weighted by Gasteiger charge is 2.18. The Balaban J connectivity index is 0.993. The first-order chi connectivity index (χ1) is 30.6. The summed E-state index contributed by atoms with van der Waals surface area (Å²) >= 11 is 0. The van der Waals surface area contributed by atoms with Gasteiger partial charge in [-0.15, -0.1) is 0 Å². The van der Waals surface area contributed by atoms with E-state index < -0.39 is 40.4 Å². The molecule has 0 saturated heterocycles. The summed E-state index contributed by atoms with van der Waals surface area (Å²) in [6.45, 7) is 2.89. The van der Waals surface area contributed by atoms with Crippen molar-refractivity contribution in [1.82, 2.24) is 0 Å². The standard InChI is InChI=1S/C50H52FNO11/c1-2-3-4-5-6-7-8-9-10-11-12-13-14-15-33-59-41-28-30-43(31-29-41)60-47(53)37-21-26-42(27-22-37)61-49(55)38-17-16-18-44(34-38)62-50(56)39-23-32-46(45(51)35-39)63-48(54)36-19-24-40(25-20-36)52(57)58/h16-32,34-35H,2-15,33H2,1H3. The molecule has 0 spiro atoms. The van der Waals surface area contributed by atoms with Crippen LogP contribution in [0.5, 0.6) is 28.7 Å². The first-order valence-corrected chi connectivity index (χ1v) is 21.5. The van der Waals surface area contributed by atoms with Crippen molar-refractivity contribution >= 4 is 29.6 Å². The van der Waals surface area contributed by atoms with Gasteiger partial charge in [0.2, 0.25) is 0 Å². The van der Waals surface area contributed by atoms with Crippen LogP contribution in [0.4, 0.5) is 10.1 Å². The fourth-order valence-electron chi connectivity index (χ4n) is 6.52. The van der Waals surface area contributed by atoms with E-state index in [1.807, 2.05) is 0 Å². The number of nitro benzene ring substituents is 1. The monoisotopic (exact) mass is 861 g/mol. The molecule has 0 bridgehead atoms. The van der Waals surface area contributed by atoms with E-state index in [1.165, 1.54) is 144 Å². The molecule has 0 fully saturated rings. The average molecular weight is 862 g/mol. The summed E-state index contributed by atoms with van der Waals surface area (Å²) in [6.07, 6.45) is 18.2. The number of benzene rings is 5. The second kappa shape index (κ2) is 25.1. The highest BCUT2D eigenvalue weighted by atomic mass is 19.1. The molecular formula is C50H52FNO11. The van der Waals surface area contributed by atoms with Crippen LogP contribution in [0.15, 0.2) is 115 Å². The maximum Gasteiger partial charge on any atom is 0.343 e. The molecule has 0 heterocycles. The van der Waals surface area contributed by atoms with Gasteiger partial charge >= 0.3 is 23.9 Å². The summed E-state index contributed by atoms with van der Waals surface area (Å²) in [6, 6.07) is 25.8. The molecule has 0 aromatic heterocycles. The Labute approximate surface area is 366 Å². The van der Waals surface area contributed by atoms with Crippen molar-refractivity contribution in [3.05, 3.63) is 153 Å². The van der Waals surface area contributed by atoms with Crippen LogP contribution in [0.1, 0.15) is 138 Å². The van der Waals surface area contributed by atoms with Gasteiger partial charge < -0.3 is 23.7 Å². The number of halogens is 1. The van der Waals surface area contributed by atoms with E-state index in [2.05, 4.69) is 6.92 Å². The lowest BCUT2D eigenvalue weighted by molar-refractivity contribution is -0.384. The third-order valence-corrected chi connectivity index (χ3v) is 10.1. The van der Waals surface area contributed by atoms with E-state index in [1.54, 1.807) is 24.3 Å². The number of hydrogen-bond acceptors (Lipinski definition) is 11. The molecule has 0 amide bonds. The first kappa shape index (κ1) is 47.2. The molecule has 5 rings (SSSR count). The van der Waals surface area contributed by atoms with Crippen molar-refractivity contribution in [3.8, 4) is 28.7 Å². The average Bonchev–Trinajstić information content (AvgIpc) is 3.29. The minimum atomic E-state index is -1.04. The number of non-ortho nitro benzene ring substituents is 1. The van der Waals surface area contributed by atoms with Gasteiger partial charge in [-0.2, -0.15) is 0 Å². The molecule has 13 heteroatoms. The van der Waals surface area contributed by atoms with Gasteiger partial charge in [0.25, 0.3) is 5.69 Å². The molecule has 5 aromatic rings. The van der Waals surface area contributed by atoms with Crippen LogP contribution in [0.25, 0.3) is 0 Å². The molecular weight excluding hydrogens is 810 g/mol. The number of nitro groups is 1. The molecule has 0 unspecified atom stereocenters. The van der Waals surface area contributed by atoms with E-state index >= 15 is 0 Å². The van der Waals surface area contributed by atoms with Gasteiger partial charge in [-0.05, 0) is 103 Å². The van der Waals surface area contributed by atoms with Crippen LogP contribution in [0, 0.1) is 15.9 Å². The number of unbranched alkanes of at least 4 members (excludes halogenated alkanes) is 13. The predicted molar refractivity (Wildman–Crippen MR) is 234 cm³/mol. The van der Waals surface area contributed by atoms with Gasteiger partial charge in [-0.25, -0.2) is 23.6 Å². The molecule has 0 N–H and O–H groups in total. The van der Waals surface area contributed by atoms with Crippen LogP contribution in [0.3, 0.4) is 0 Å². The minimum Gasteiger partial charge on any atom is -0.494 e. The Hall–Kier alpha value is -6.89. The number of rotatable bonds is 25. The zero-order valence-corrected chi connectivity index (χ0v) is 35.4. The summed E-state index contributed by atoms with van der Waals surface area (Å²) in [4.78, 5) is 61.2. The largest absolute Gasteiger partial charge is 0.494 e. The number of esters is 4. The van der Waals surface area contributed by atoms with E-state index in [0.717, 1.165) is 37.1 Å². The van der Waals surface area contributed by atoms with Crippen molar-refractivity contribution in [2.24, 2.45) is 0 Å². The topological polar surface area (TPSA) is 158 Å². The van der Waals surface area contributed by atoms with E-state index in [-0.39, 0.29) is 39.4 Å². The molecule has 0 saturated carbocycles. The van der Waals surface area contributed by atoms with Crippen molar-refractivity contribution in [1.29, 1.82) is 0 Å². The van der Waals surface area contributed by atoms with Crippen molar-refractivity contribution < 1.29 is 52.2 Å². The van der Waals surface area contributed by atoms with Gasteiger partial charge in [0.1, 0.15) is 23.0 Å². The third kappa shape index (κ3) is 15.8. The van der Waals surface area contributed by atoms with Crippen LogP contribution in [-0.4, -0.2) is 35.4 Å². The zero-order valence-electron chi connectivity index (χ0n) is 35.4. The molecule has 0 aliphatic rings. The Morgan fingerprint density at radius 1 is 0.476 bits per heavy atom. The van der Waals surface area contributed by atoms with Crippen molar-refractivity contribution in [3.63, 3.8) is 0 Å². The van der Waals surface area contributed by atoms with Crippen molar-refractivity contribution in [2.45, 2.75) is 96.8 Å². The molecule has 0 aliphatic carbocycles. The fourth-order valence-corrected chi connectivity index (χ4v) is 6.52. The molecule has 0 radical (unpaired) electrons. The SMILES string of the molecule is CCCCCCCCCCCCCCCCOc1ccc(OC(=O)c2ccc(OC(=O)c3cccc(OC(=O)c4ccc(OC(=O)c5ccc([N+](=O)[O-])cc5)c(F)c4)c3)cc2)cc1. The van der Waals surface area contributed by atoms with Crippen LogP contribution < -0.4 is 23.7 Å². The predicted octanol–water partition coefficient (Wildman–Crippen LogP) is 12.5. The molecule has 5 aromatic carbocycles. The normalized spacial score (nSPS) is 10.8. The molecule has 330 valence electrons. The van der Waals surface area contributed by atoms with Crippen LogP contribution in [0.2, 0.25) is 0 Å².